The van der Waals surface area contributed by atoms with Gasteiger partial charge in [0.2, 0.25) is 0 Å². The zero-order chi connectivity index (χ0) is 21.7. The van der Waals surface area contributed by atoms with Crippen LogP contribution in [0.3, 0.4) is 0 Å². The molecule has 6 nitrogen and oxygen atoms in total. The quantitative estimate of drug-likeness (QED) is 0.721. The average Bonchev–Trinajstić information content (AvgIpc) is 2.95. The Labute approximate surface area is 173 Å². The first-order valence-corrected chi connectivity index (χ1v) is 9.67. The summed E-state index contributed by atoms with van der Waals surface area (Å²) < 4.78 is 43.4. The summed E-state index contributed by atoms with van der Waals surface area (Å²) >= 11 is 0. The molecule has 0 bridgehead atoms. The van der Waals surface area contributed by atoms with Crippen molar-refractivity contribution in [3.63, 3.8) is 0 Å². The van der Waals surface area contributed by atoms with Crippen LogP contribution in [0.1, 0.15) is 42.2 Å². The standard InChI is InChI=1S/C22H23F2NO5/c1-13(2)21(14-7-8-17-18(11-14)29-10-4-9-28-17)25-19(26)12-30-22(27)20-15(23)5-3-6-16(20)24/h3,5-8,11,13,21H,4,9-10,12H2,1-2H3,(H,25,26)/t21-/m1/s1. The third-order valence-electron chi connectivity index (χ3n) is 4.62. The maximum absolute atomic E-state index is 13.7. The second kappa shape index (κ2) is 9.56. The van der Waals surface area contributed by atoms with Crippen molar-refractivity contribution in [3.8, 4) is 11.5 Å². The zero-order valence-corrected chi connectivity index (χ0v) is 16.7. The van der Waals surface area contributed by atoms with Crippen LogP contribution >= 0.6 is 0 Å². The number of hydrogen-bond acceptors (Lipinski definition) is 5. The molecule has 0 aliphatic carbocycles. The van der Waals surface area contributed by atoms with Crippen molar-refractivity contribution in [3.05, 3.63) is 59.2 Å². The number of halogens is 2. The Morgan fingerprint density at radius 3 is 2.40 bits per heavy atom. The van der Waals surface area contributed by atoms with E-state index in [9.17, 15) is 18.4 Å². The number of benzene rings is 2. The van der Waals surface area contributed by atoms with Gasteiger partial charge in [0.25, 0.3) is 5.91 Å². The zero-order valence-electron chi connectivity index (χ0n) is 16.7. The molecule has 1 aliphatic rings. The van der Waals surface area contributed by atoms with Crippen LogP contribution in [0, 0.1) is 17.6 Å². The molecule has 0 radical (unpaired) electrons. The molecule has 160 valence electrons. The Bertz CT molecular complexity index is 911. The number of carbonyl (C=O) groups is 2. The van der Waals surface area contributed by atoms with Crippen LogP contribution in [0.15, 0.2) is 36.4 Å². The van der Waals surface area contributed by atoms with E-state index in [1.165, 1.54) is 0 Å². The van der Waals surface area contributed by atoms with E-state index in [1.807, 2.05) is 26.0 Å². The Kier molecular flexibility index (Phi) is 6.87. The number of fused-ring (bicyclic) bond motifs is 1. The lowest BCUT2D eigenvalue weighted by Crippen LogP contribution is -2.35. The SMILES string of the molecule is CC(C)[C@@H](NC(=O)COC(=O)c1c(F)cccc1F)c1ccc2c(c1)OCCCO2. The monoisotopic (exact) mass is 419 g/mol. The summed E-state index contributed by atoms with van der Waals surface area (Å²) in [5.41, 5.74) is -0.0253. The summed E-state index contributed by atoms with van der Waals surface area (Å²) in [4.78, 5) is 24.3. The first-order chi connectivity index (χ1) is 14.4. The minimum Gasteiger partial charge on any atom is -0.490 e. The summed E-state index contributed by atoms with van der Waals surface area (Å²) in [6, 6.07) is 8.07. The Balaban J connectivity index is 1.66. The number of rotatable bonds is 6. The van der Waals surface area contributed by atoms with Crippen LogP contribution in [-0.2, 0) is 9.53 Å². The molecule has 1 heterocycles. The minimum atomic E-state index is -1.24. The minimum absolute atomic E-state index is 0.0124. The Morgan fingerprint density at radius 1 is 1.07 bits per heavy atom. The van der Waals surface area contributed by atoms with Crippen LogP contribution in [0.5, 0.6) is 11.5 Å². The smallest absolute Gasteiger partial charge is 0.344 e. The lowest BCUT2D eigenvalue weighted by molar-refractivity contribution is -0.125. The maximum Gasteiger partial charge on any atom is 0.344 e. The second-order valence-corrected chi connectivity index (χ2v) is 7.22. The Hall–Kier alpha value is -3.16. The molecule has 2 aromatic carbocycles. The molecule has 0 spiro atoms. The lowest BCUT2D eigenvalue weighted by atomic mass is 9.95. The predicted molar refractivity (Wildman–Crippen MR) is 104 cm³/mol. The van der Waals surface area contributed by atoms with E-state index in [1.54, 1.807) is 6.07 Å². The van der Waals surface area contributed by atoms with Gasteiger partial charge in [0, 0.05) is 6.42 Å². The summed E-state index contributed by atoms with van der Waals surface area (Å²) in [7, 11) is 0. The van der Waals surface area contributed by atoms with Crippen LogP contribution in [0.2, 0.25) is 0 Å². The highest BCUT2D eigenvalue weighted by Gasteiger charge is 2.23. The molecule has 1 atom stereocenters. The van der Waals surface area contributed by atoms with Gasteiger partial charge in [-0.3, -0.25) is 4.79 Å². The lowest BCUT2D eigenvalue weighted by Gasteiger charge is -2.24. The normalized spacial score (nSPS) is 14.0. The van der Waals surface area contributed by atoms with Gasteiger partial charge >= 0.3 is 5.97 Å². The molecule has 1 amide bonds. The fourth-order valence-corrected chi connectivity index (χ4v) is 3.12. The van der Waals surface area contributed by atoms with E-state index >= 15 is 0 Å². The fourth-order valence-electron chi connectivity index (χ4n) is 3.12. The van der Waals surface area contributed by atoms with Crippen molar-refractivity contribution in [2.24, 2.45) is 5.92 Å². The van der Waals surface area contributed by atoms with Gasteiger partial charge in [-0.1, -0.05) is 26.0 Å². The van der Waals surface area contributed by atoms with Gasteiger partial charge in [-0.25, -0.2) is 13.6 Å². The van der Waals surface area contributed by atoms with Crippen molar-refractivity contribution in [2.45, 2.75) is 26.3 Å². The molecule has 0 fully saturated rings. The van der Waals surface area contributed by atoms with Gasteiger partial charge < -0.3 is 19.5 Å². The Morgan fingerprint density at radius 2 is 1.73 bits per heavy atom. The molecule has 8 heteroatoms. The van der Waals surface area contributed by atoms with Crippen LogP contribution in [0.4, 0.5) is 8.78 Å². The second-order valence-electron chi connectivity index (χ2n) is 7.22. The number of esters is 1. The summed E-state index contributed by atoms with van der Waals surface area (Å²) in [6.45, 7) is 4.30. The van der Waals surface area contributed by atoms with Gasteiger partial charge in [0.05, 0.1) is 19.3 Å². The number of amides is 1. The predicted octanol–water partition coefficient (Wildman–Crippen LogP) is 3.80. The highest BCUT2D eigenvalue weighted by atomic mass is 19.1. The van der Waals surface area contributed by atoms with E-state index in [2.05, 4.69) is 5.32 Å². The third kappa shape index (κ3) is 5.06. The van der Waals surface area contributed by atoms with Gasteiger partial charge in [0.1, 0.15) is 17.2 Å². The van der Waals surface area contributed by atoms with Crippen LogP contribution < -0.4 is 14.8 Å². The molecule has 30 heavy (non-hydrogen) atoms. The molecule has 0 aromatic heterocycles. The number of carbonyl (C=O) groups excluding carboxylic acids is 2. The molecule has 0 unspecified atom stereocenters. The molecular formula is C22H23F2NO5. The molecule has 3 rings (SSSR count). The largest absolute Gasteiger partial charge is 0.490 e. The van der Waals surface area contributed by atoms with Gasteiger partial charge in [0.15, 0.2) is 18.1 Å². The highest BCUT2D eigenvalue weighted by molar-refractivity contribution is 5.91. The first kappa shape index (κ1) is 21.5. The highest BCUT2D eigenvalue weighted by Crippen LogP contribution is 2.34. The number of nitrogens with one attached hydrogen (secondary N) is 1. The van der Waals surface area contributed by atoms with Crippen LogP contribution in [-0.4, -0.2) is 31.7 Å². The maximum atomic E-state index is 13.7. The van der Waals surface area contributed by atoms with Crippen molar-refractivity contribution < 1.29 is 32.6 Å². The fraction of sp³-hybridized carbons (Fsp3) is 0.364. The first-order valence-electron chi connectivity index (χ1n) is 9.67. The molecule has 1 aliphatic heterocycles. The third-order valence-corrected chi connectivity index (χ3v) is 4.62. The number of hydrogen-bond donors (Lipinski definition) is 1. The van der Waals surface area contributed by atoms with E-state index in [0.29, 0.717) is 24.7 Å². The average molecular weight is 419 g/mol. The van der Waals surface area contributed by atoms with Crippen molar-refractivity contribution in [1.29, 1.82) is 0 Å². The van der Waals surface area contributed by atoms with Gasteiger partial charge in [-0.2, -0.15) is 0 Å². The summed E-state index contributed by atoms with van der Waals surface area (Å²) in [6.07, 6.45) is 0.780. The topological polar surface area (TPSA) is 73.9 Å². The van der Waals surface area contributed by atoms with E-state index in [0.717, 1.165) is 30.2 Å². The molecular weight excluding hydrogens is 396 g/mol. The van der Waals surface area contributed by atoms with Gasteiger partial charge in [-0.05, 0) is 35.7 Å². The molecule has 0 saturated carbocycles. The molecule has 1 N–H and O–H groups in total. The summed E-state index contributed by atoms with van der Waals surface area (Å²) in [5, 5.41) is 2.79. The summed E-state index contributed by atoms with van der Waals surface area (Å²) in [5.74, 6) is -2.67. The van der Waals surface area contributed by atoms with E-state index in [4.69, 9.17) is 14.2 Å². The van der Waals surface area contributed by atoms with E-state index < -0.39 is 41.7 Å². The molecule has 2 aromatic rings. The molecule has 0 saturated heterocycles. The van der Waals surface area contributed by atoms with Gasteiger partial charge in [-0.15, -0.1) is 0 Å². The number of ether oxygens (including phenoxy) is 3. The van der Waals surface area contributed by atoms with Crippen molar-refractivity contribution in [1.82, 2.24) is 5.32 Å². The van der Waals surface area contributed by atoms with Crippen molar-refractivity contribution >= 4 is 11.9 Å². The van der Waals surface area contributed by atoms with E-state index in [-0.39, 0.29) is 5.92 Å². The van der Waals surface area contributed by atoms with Crippen molar-refractivity contribution in [2.75, 3.05) is 19.8 Å². The van der Waals surface area contributed by atoms with Crippen LogP contribution in [0.25, 0.3) is 0 Å².